The molecule has 0 spiro atoms. The number of methoxy groups -OCH3 is 1. The molecule has 0 unspecified atom stereocenters. The van der Waals surface area contributed by atoms with Gasteiger partial charge >= 0.3 is 0 Å². The molecule has 5 aromatic rings. The van der Waals surface area contributed by atoms with Crippen LogP contribution in [-0.2, 0) is 16.0 Å². The molecule has 196 valence electrons. The quantitative estimate of drug-likeness (QED) is 0.327. The van der Waals surface area contributed by atoms with Crippen molar-refractivity contribution in [2.24, 2.45) is 0 Å². The van der Waals surface area contributed by atoms with Gasteiger partial charge in [0.1, 0.15) is 11.8 Å². The topological polar surface area (TPSA) is 111 Å². The van der Waals surface area contributed by atoms with Crippen molar-refractivity contribution in [3.63, 3.8) is 0 Å². The number of amides is 2. The van der Waals surface area contributed by atoms with Gasteiger partial charge in [0, 0.05) is 35.4 Å². The summed E-state index contributed by atoms with van der Waals surface area (Å²) >= 11 is 0. The van der Waals surface area contributed by atoms with E-state index >= 15 is 0 Å². The van der Waals surface area contributed by atoms with Crippen LogP contribution in [0.1, 0.15) is 18.0 Å². The van der Waals surface area contributed by atoms with Crippen molar-refractivity contribution in [3.8, 4) is 17.2 Å². The third-order valence-corrected chi connectivity index (χ3v) is 7.30. The highest BCUT2D eigenvalue weighted by Crippen LogP contribution is 2.38. The Morgan fingerprint density at radius 3 is 2.90 bits per heavy atom. The Kier molecular flexibility index (Phi) is 5.39. The Hall–Kier alpha value is -4.99. The maximum atomic E-state index is 13.8. The zero-order valence-corrected chi connectivity index (χ0v) is 21.1. The lowest BCUT2D eigenvalue weighted by molar-refractivity contribution is -0.124. The number of benzene rings is 3. The number of fused-ring (bicyclic) bond motifs is 5. The van der Waals surface area contributed by atoms with Gasteiger partial charge < -0.3 is 24.5 Å². The molecule has 39 heavy (non-hydrogen) atoms. The van der Waals surface area contributed by atoms with Crippen LogP contribution in [0, 0.1) is 0 Å². The van der Waals surface area contributed by atoms with Gasteiger partial charge in [0.05, 0.1) is 24.6 Å². The third kappa shape index (κ3) is 3.92. The van der Waals surface area contributed by atoms with Crippen molar-refractivity contribution in [1.29, 1.82) is 0 Å². The number of hydrogen-bond acceptors (Lipinski definition) is 6. The summed E-state index contributed by atoms with van der Waals surface area (Å²) in [5.74, 6) is 2.12. The van der Waals surface area contributed by atoms with Gasteiger partial charge in [-0.15, -0.1) is 0 Å². The van der Waals surface area contributed by atoms with Crippen molar-refractivity contribution in [1.82, 2.24) is 14.5 Å². The first-order valence-corrected chi connectivity index (χ1v) is 12.7. The summed E-state index contributed by atoms with van der Waals surface area (Å²) in [7, 11) is 1.64. The molecular weight excluding hydrogens is 498 g/mol. The molecule has 1 atom stereocenters. The lowest BCUT2D eigenvalue weighted by Crippen LogP contribution is -2.33. The van der Waals surface area contributed by atoms with Crippen LogP contribution in [0.15, 0.2) is 66.9 Å². The fourth-order valence-corrected chi connectivity index (χ4v) is 5.39. The van der Waals surface area contributed by atoms with Gasteiger partial charge in [0.2, 0.25) is 18.6 Å². The number of carbonyl (C=O) groups excluding carboxylic acids is 2. The molecule has 4 heterocycles. The first-order chi connectivity index (χ1) is 19.1. The lowest BCUT2D eigenvalue weighted by atomic mass is 10.1. The number of nitrogens with one attached hydrogen (secondary N) is 2. The van der Waals surface area contributed by atoms with E-state index in [1.54, 1.807) is 30.2 Å². The average molecular weight is 524 g/mol. The zero-order valence-electron chi connectivity index (χ0n) is 21.1. The van der Waals surface area contributed by atoms with Crippen LogP contribution in [0.3, 0.4) is 0 Å². The van der Waals surface area contributed by atoms with Gasteiger partial charge in [-0.05, 0) is 54.4 Å². The highest BCUT2D eigenvalue weighted by Gasteiger charge is 2.40. The normalized spacial score (nSPS) is 15.8. The molecule has 0 fully saturated rings. The second kappa shape index (κ2) is 9.09. The first-order valence-electron chi connectivity index (χ1n) is 12.7. The van der Waals surface area contributed by atoms with E-state index in [-0.39, 0.29) is 25.0 Å². The number of anilines is 2. The Bertz CT molecular complexity index is 1760. The highest BCUT2D eigenvalue weighted by molar-refractivity contribution is 6.05. The molecule has 3 aromatic carbocycles. The predicted molar refractivity (Wildman–Crippen MR) is 145 cm³/mol. The lowest BCUT2D eigenvalue weighted by Gasteiger charge is -2.16. The largest absolute Gasteiger partial charge is 0.497 e. The molecule has 2 aliphatic rings. The maximum Gasteiger partial charge on any atom is 0.253 e. The van der Waals surface area contributed by atoms with Crippen LogP contribution in [0.4, 0.5) is 11.6 Å². The summed E-state index contributed by atoms with van der Waals surface area (Å²) in [6.45, 7) is 0.578. The number of carbonyl (C=O) groups is 2. The Morgan fingerprint density at radius 1 is 1.13 bits per heavy atom. The molecule has 0 saturated carbocycles. The van der Waals surface area contributed by atoms with Crippen molar-refractivity contribution >= 4 is 45.4 Å². The minimum absolute atomic E-state index is 0.0264. The molecule has 10 nitrogen and oxygen atoms in total. The third-order valence-electron chi connectivity index (χ3n) is 7.30. The molecule has 7 rings (SSSR count). The Morgan fingerprint density at radius 2 is 2.00 bits per heavy atom. The summed E-state index contributed by atoms with van der Waals surface area (Å²) in [6.07, 6.45) is 2.55. The molecule has 0 bridgehead atoms. The number of hydrogen-bond donors (Lipinski definition) is 2. The number of imidazole rings is 1. The highest BCUT2D eigenvalue weighted by atomic mass is 16.7. The second-order valence-electron chi connectivity index (χ2n) is 9.57. The van der Waals surface area contributed by atoms with E-state index in [9.17, 15) is 9.59 Å². The molecular formula is C29H25N5O5. The molecule has 10 heteroatoms. The number of nitrogens with zero attached hydrogens (tertiary/aromatic N) is 3. The maximum absolute atomic E-state index is 13.8. The average Bonchev–Trinajstić information content (AvgIpc) is 3.71. The van der Waals surface area contributed by atoms with Crippen molar-refractivity contribution < 1.29 is 23.8 Å². The molecule has 0 aliphatic carbocycles. The van der Waals surface area contributed by atoms with Crippen molar-refractivity contribution in [2.75, 3.05) is 30.7 Å². The van der Waals surface area contributed by atoms with Gasteiger partial charge in [-0.1, -0.05) is 12.1 Å². The van der Waals surface area contributed by atoms with Crippen LogP contribution in [0.5, 0.6) is 17.2 Å². The number of ether oxygens (including phenoxy) is 3. The second-order valence-corrected chi connectivity index (χ2v) is 9.57. The minimum Gasteiger partial charge on any atom is -0.497 e. The van der Waals surface area contributed by atoms with E-state index in [4.69, 9.17) is 19.2 Å². The standard InChI is InChI=1S/C29H25N5O5/c1-37-19-7-8-21-20(13-19)17(15-30-21)10-11-33-28(36)24(34-23-5-3-2-4-22(23)32-29(33)34)14-27(35)31-18-6-9-25-26(12-18)39-16-38-25/h2-9,12-13,15,24,30H,10-11,14,16H2,1H3,(H,31,35)/t24-/m0/s1. The summed E-state index contributed by atoms with van der Waals surface area (Å²) in [5.41, 5.74) is 4.26. The van der Waals surface area contributed by atoms with Crippen LogP contribution in [0.25, 0.3) is 21.9 Å². The predicted octanol–water partition coefficient (Wildman–Crippen LogP) is 4.41. The molecule has 2 aliphatic heterocycles. The smallest absolute Gasteiger partial charge is 0.253 e. The van der Waals surface area contributed by atoms with E-state index in [0.717, 1.165) is 33.2 Å². The van der Waals surface area contributed by atoms with Crippen molar-refractivity contribution in [3.05, 3.63) is 72.4 Å². The van der Waals surface area contributed by atoms with Gasteiger partial charge in [-0.2, -0.15) is 0 Å². The summed E-state index contributed by atoms with van der Waals surface area (Å²) < 4.78 is 18.0. The van der Waals surface area contributed by atoms with E-state index in [1.807, 2.05) is 53.2 Å². The number of aromatic amines is 1. The van der Waals surface area contributed by atoms with Gasteiger partial charge in [-0.25, -0.2) is 4.98 Å². The summed E-state index contributed by atoms with van der Waals surface area (Å²) in [5, 5.41) is 3.95. The van der Waals surface area contributed by atoms with Crippen LogP contribution < -0.4 is 24.4 Å². The fraction of sp³-hybridized carbons (Fsp3) is 0.207. The molecule has 2 N–H and O–H groups in total. The van der Waals surface area contributed by atoms with Gasteiger partial charge in [0.25, 0.3) is 5.91 Å². The van der Waals surface area contributed by atoms with Gasteiger partial charge in [0.15, 0.2) is 11.5 Å². The van der Waals surface area contributed by atoms with E-state index < -0.39 is 6.04 Å². The first kappa shape index (κ1) is 23.2. The monoisotopic (exact) mass is 523 g/mol. The molecule has 0 radical (unpaired) electrons. The van der Waals surface area contributed by atoms with E-state index in [1.165, 1.54) is 0 Å². The number of para-hydroxylation sites is 2. The van der Waals surface area contributed by atoms with E-state index in [0.29, 0.717) is 36.1 Å². The SMILES string of the molecule is COc1ccc2[nH]cc(CCN3C(=O)[C@H](CC(=O)Nc4ccc5c(c4)OCO5)n4c3nc3ccccc34)c2c1. The molecule has 2 amide bonds. The van der Waals surface area contributed by atoms with Crippen LogP contribution in [-0.4, -0.2) is 46.8 Å². The molecule has 2 aromatic heterocycles. The number of aromatic nitrogens is 3. The minimum atomic E-state index is -0.704. The van der Waals surface area contributed by atoms with Crippen LogP contribution >= 0.6 is 0 Å². The van der Waals surface area contributed by atoms with Crippen molar-refractivity contribution in [2.45, 2.75) is 18.9 Å². The number of H-pyrrole nitrogens is 1. The number of rotatable bonds is 7. The molecule has 0 saturated heterocycles. The van der Waals surface area contributed by atoms with E-state index in [2.05, 4.69) is 10.3 Å². The zero-order chi connectivity index (χ0) is 26.5. The fourth-order valence-electron chi connectivity index (χ4n) is 5.39. The van der Waals surface area contributed by atoms with Crippen LogP contribution in [0.2, 0.25) is 0 Å². The summed E-state index contributed by atoms with van der Waals surface area (Å²) in [4.78, 5) is 36.6. The van der Waals surface area contributed by atoms with Gasteiger partial charge in [-0.3, -0.25) is 19.1 Å². The summed E-state index contributed by atoms with van der Waals surface area (Å²) in [6, 6.07) is 18.1. The Balaban J connectivity index is 1.15. The Labute approximate surface area is 223 Å².